The molecule has 0 radical (unpaired) electrons. The lowest BCUT2D eigenvalue weighted by Crippen LogP contribution is -2.49. The molecule has 33 heavy (non-hydrogen) atoms. The van der Waals surface area contributed by atoms with E-state index in [1.165, 1.54) is 5.56 Å². The maximum atomic E-state index is 6.68. The number of aryl methyl sites for hydroxylation is 1. The number of ether oxygens (including phenoxy) is 5. The summed E-state index contributed by atoms with van der Waals surface area (Å²) >= 11 is 0. The predicted molar refractivity (Wildman–Crippen MR) is 129 cm³/mol. The second-order valence-corrected chi connectivity index (χ2v) is 9.18. The SMILES string of the molecule is COc1ccc(CC(N)(CN)CCCc2ccc(OC[C@@H]3COC(C)(C)O3)cc2)c(OC)c1. The van der Waals surface area contributed by atoms with Gasteiger partial charge >= 0.3 is 0 Å². The number of methoxy groups -OCH3 is 2. The van der Waals surface area contributed by atoms with Crippen LogP contribution >= 0.6 is 0 Å². The van der Waals surface area contributed by atoms with Crippen molar-refractivity contribution >= 4 is 0 Å². The van der Waals surface area contributed by atoms with E-state index in [-0.39, 0.29) is 6.10 Å². The molecule has 0 aliphatic carbocycles. The molecule has 3 rings (SSSR count). The summed E-state index contributed by atoms with van der Waals surface area (Å²) in [6.07, 6.45) is 3.28. The monoisotopic (exact) mass is 458 g/mol. The molecule has 0 spiro atoms. The van der Waals surface area contributed by atoms with Crippen molar-refractivity contribution in [1.29, 1.82) is 0 Å². The van der Waals surface area contributed by atoms with Gasteiger partial charge in [-0.3, -0.25) is 0 Å². The Morgan fingerprint density at radius 1 is 1.06 bits per heavy atom. The Bertz CT molecular complexity index is 887. The van der Waals surface area contributed by atoms with Crippen LogP contribution in [0.2, 0.25) is 0 Å². The van der Waals surface area contributed by atoms with Gasteiger partial charge in [-0.05, 0) is 68.9 Å². The number of hydrogen-bond acceptors (Lipinski definition) is 7. The second kappa shape index (κ2) is 11.2. The molecular weight excluding hydrogens is 420 g/mol. The molecule has 182 valence electrons. The highest BCUT2D eigenvalue weighted by molar-refractivity contribution is 5.41. The van der Waals surface area contributed by atoms with Crippen molar-refractivity contribution in [3.63, 3.8) is 0 Å². The van der Waals surface area contributed by atoms with E-state index in [1.54, 1.807) is 14.2 Å². The van der Waals surface area contributed by atoms with Gasteiger partial charge in [0.1, 0.15) is 30.0 Å². The van der Waals surface area contributed by atoms with Crippen molar-refractivity contribution < 1.29 is 23.7 Å². The van der Waals surface area contributed by atoms with Crippen molar-refractivity contribution in [2.75, 3.05) is 34.0 Å². The van der Waals surface area contributed by atoms with Crippen LogP contribution in [0.1, 0.15) is 37.8 Å². The summed E-state index contributed by atoms with van der Waals surface area (Å²) in [7, 11) is 3.29. The van der Waals surface area contributed by atoms with Gasteiger partial charge in [0.2, 0.25) is 0 Å². The molecule has 1 aliphatic heterocycles. The van der Waals surface area contributed by atoms with Gasteiger partial charge in [0.25, 0.3) is 0 Å². The minimum atomic E-state index is -0.530. The molecule has 1 saturated heterocycles. The number of hydrogen-bond donors (Lipinski definition) is 2. The smallest absolute Gasteiger partial charge is 0.163 e. The molecule has 2 aromatic rings. The minimum absolute atomic E-state index is 0.0436. The Morgan fingerprint density at radius 2 is 1.79 bits per heavy atom. The zero-order valence-electron chi connectivity index (χ0n) is 20.3. The van der Waals surface area contributed by atoms with Crippen LogP contribution < -0.4 is 25.7 Å². The third-order valence-electron chi connectivity index (χ3n) is 6.01. The molecular formula is C26H38N2O5. The van der Waals surface area contributed by atoms with Crippen LogP contribution in [-0.4, -0.2) is 51.4 Å². The highest BCUT2D eigenvalue weighted by Gasteiger charge is 2.33. The van der Waals surface area contributed by atoms with Crippen LogP contribution in [0.4, 0.5) is 0 Å². The van der Waals surface area contributed by atoms with Crippen LogP contribution in [0.25, 0.3) is 0 Å². The largest absolute Gasteiger partial charge is 0.497 e. The molecule has 2 atom stereocenters. The highest BCUT2D eigenvalue weighted by atomic mass is 16.7. The summed E-state index contributed by atoms with van der Waals surface area (Å²) in [5, 5.41) is 0. The molecule has 1 aliphatic rings. The summed E-state index contributed by atoms with van der Waals surface area (Å²) < 4.78 is 28.0. The Kier molecular flexibility index (Phi) is 8.59. The van der Waals surface area contributed by atoms with Gasteiger partial charge in [0.05, 0.1) is 20.8 Å². The van der Waals surface area contributed by atoms with E-state index < -0.39 is 11.3 Å². The van der Waals surface area contributed by atoms with Crippen molar-refractivity contribution in [1.82, 2.24) is 0 Å². The average molecular weight is 459 g/mol. The molecule has 1 unspecified atom stereocenters. The van der Waals surface area contributed by atoms with Gasteiger partial charge in [-0.1, -0.05) is 18.2 Å². The lowest BCUT2D eigenvalue weighted by atomic mass is 9.86. The van der Waals surface area contributed by atoms with Crippen LogP contribution in [-0.2, 0) is 22.3 Å². The van der Waals surface area contributed by atoms with Crippen molar-refractivity contribution in [2.24, 2.45) is 11.5 Å². The van der Waals surface area contributed by atoms with Gasteiger partial charge in [-0.2, -0.15) is 0 Å². The summed E-state index contributed by atoms with van der Waals surface area (Å²) in [5.41, 5.74) is 14.5. The van der Waals surface area contributed by atoms with E-state index in [4.69, 9.17) is 35.2 Å². The first-order chi connectivity index (χ1) is 15.8. The molecule has 1 fully saturated rings. The van der Waals surface area contributed by atoms with Crippen LogP contribution in [0, 0.1) is 0 Å². The number of rotatable bonds is 12. The fraction of sp³-hybridized carbons (Fsp3) is 0.538. The van der Waals surface area contributed by atoms with Gasteiger partial charge in [-0.25, -0.2) is 0 Å². The van der Waals surface area contributed by atoms with Gasteiger partial charge in [-0.15, -0.1) is 0 Å². The summed E-state index contributed by atoms with van der Waals surface area (Å²) in [6, 6.07) is 14.0. The predicted octanol–water partition coefficient (Wildman–Crippen LogP) is 3.46. The molecule has 1 heterocycles. The van der Waals surface area contributed by atoms with Crippen molar-refractivity contribution in [3.8, 4) is 17.2 Å². The third-order valence-corrected chi connectivity index (χ3v) is 6.01. The zero-order chi connectivity index (χ0) is 23.9. The maximum Gasteiger partial charge on any atom is 0.163 e. The normalized spacial score (nSPS) is 19.2. The Balaban J connectivity index is 1.48. The molecule has 7 nitrogen and oxygen atoms in total. The van der Waals surface area contributed by atoms with E-state index in [1.807, 2.05) is 44.2 Å². The first kappa shape index (κ1) is 25.3. The molecule has 0 bridgehead atoms. The van der Waals surface area contributed by atoms with Crippen molar-refractivity contribution in [2.45, 2.75) is 57.0 Å². The summed E-state index contributed by atoms with van der Waals surface area (Å²) in [4.78, 5) is 0. The third kappa shape index (κ3) is 7.33. The molecule has 0 saturated carbocycles. The minimum Gasteiger partial charge on any atom is -0.497 e. The van der Waals surface area contributed by atoms with E-state index >= 15 is 0 Å². The Labute approximate surface area is 197 Å². The Hall–Kier alpha value is -2.32. The fourth-order valence-corrected chi connectivity index (χ4v) is 4.07. The zero-order valence-corrected chi connectivity index (χ0v) is 20.3. The van der Waals surface area contributed by atoms with Gasteiger partial charge < -0.3 is 35.2 Å². The second-order valence-electron chi connectivity index (χ2n) is 9.18. The number of benzene rings is 2. The average Bonchev–Trinajstić information content (AvgIpc) is 3.17. The standard InChI is InChI=1S/C26H38N2O5/c1-25(2)32-17-23(33-25)16-31-21-10-7-19(8-11-21)6-5-13-26(28,18-27)15-20-9-12-22(29-3)14-24(20)30-4/h7-12,14,23H,5-6,13,15-18,27-28H2,1-4H3/t23-,26?/m1/s1. The molecule has 0 aromatic heterocycles. The lowest BCUT2D eigenvalue weighted by molar-refractivity contribution is -0.141. The van der Waals surface area contributed by atoms with E-state index in [0.29, 0.717) is 26.2 Å². The molecule has 2 aromatic carbocycles. The van der Waals surface area contributed by atoms with Crippen LogP contribution in [0.3, 0.4) is 0 Å². The Morgan fingerprint density at radius 3 is 2.39 bits per heavy atom. The summed E-state index contributed by atoms with van der Waals surface area (Å²) in [6.45, 7) is 5.25. The molecule has 7 heteroatoms. The van der Waals surface area contributed by atoms with Crippen LogP contribution in [0.15, 0.2) is 42.5 Å². The topological polar surface area (TPSA) is 98.2 Å². The number of nitrogens with two attached hydrogens (primary N) is 2. The molecule has 4 N–H and O–H groups in total. The van der Waals surface area contributed by atoms with E-state index in [2.05, 4.69) is 12.1 Å². The lowest BCUT2D eigenvalue weighted by Gasteiger charge is -2.29. The first-order valence-electron chi connectivity index (χ1n) is 11.5. The van der Waals surface area contributed by atoms with Crippen LogP contribution in [0.5, 0.6) is 17.2 Å². The first-order valence-corrected chi connectivity index (χ1v) is 11.5. The van der Waals surface area contributed by atoms with Gasteiger partial charge in [0.15, 0.2) is 5.79 Å². The van der Waals surface area contributed by atoms with Gasteiger partial charge in [0, 0.05) is 18.2 Å². The van der Waals surface area contributed by atoms with E-state index in [9.17, 15) is 0 Å². The van der Waals surface area contributed by atoms with Crippen molar-refractivity contribution in [3.05, 3.63) is 53.6 Å². The fourth-order valence-electron chi connectivity index (χ4n) is 4.07. The molecule has 0 amide bonds. The maximum absolute atomic E-state index is 6.68. The van der Waals surface area contributed by atoms with E-state index in [0.717, 1.165) is 42.1 Å². The quantitative estimate of drug-likeness (QED) is 0.503. The summed E-state index contributed by atoms with van der Waals surface area (Å²) in [5.74, 6) is 1.82. The highest BCUT2D eigenvalue weighted by Crippen LogP contribution is 2.29.